The molecule has 0 aliphatic rings. The van der Waals surface area contributed by atoms with Gasteiger partial charge in [0.1, 0.15) is 11.4 Å². The molecule has 1 aromatic rings. The summed E-state index contributed by atoms with van der Waals surface area (Å²) in [5, 5.41) is 13.9. The molecule has 3 heteroatoms. The summed E-state index contributed by atoms with van der Waals surface area (Å²) in [6.45, 7) is 7.96. The summed E-state index contributed by atoms with van der Waals surface area (Å²) in [7, 11) is 1.64. The summed E-state index contributed by atoms with van der Waals surface area (Å²) in [5.74, 6) is 0.800. The molecule has 0 aliphatic carbocycles. The lowest BCUT2D eigenvalue weighted by Crippen LogP contribution is -2.47. The number of nitrogens with one attached hydrogen (secondary N) is 1. The fraction of sp³-hybridized carbons (Fsp3) is 0.571. The molecule has 17 heavy (non-hydrogen) atoms. The van der Waals surface area contributed by atoms with Crippen molar-refractivity contribution in [2.75, 3.05) is 7.11 Å². The Kier molecular flexibility index (Phi) is 4.54. The van der Waals surface area contributed by atoms with Crippen LogP contribution < -0.4 is 10.1 Å². The first kappa shape index (κ1) is 14.0. The minimum atomic E-state index is -0.892. The maximum absolute atomic E-state index is 10.6. The molecule has 96 valence electrons. The van der Waals surface area contributed by atoms with E-state index in [4.69, 9.17) is 4.74 Å². The number of rotatable bonds is 5. The minimum absolute atomic E-state index is 0.0177. The number of methoxy groups -OCH3 is 1. The van der Waals surface area contributed by atoms with Crippen LogP contribution in [0.4, 0.5) is 0 Å². The van der Waals surface area contributed by atoms with Crippen LogP contribution in [0.1, 0.15) is 33.3 Å². The van der Waals surface area contributed by atoms with E-state index < -0.39 is 5.60 Å². The third kappa shape index (κ3) is 3.45. The van der Waals surface area contributed by atoms with Gasteiger partial charge in [0, 0.05) is 12.1 Å². The molecule has 0 saturated heterocycles. The Labute approximate surface area is 104 Å². The monoisotopic (exact) mass is 237 g/mol. The second kappa shape index (κ2) is 5.52. The molecular formula is C14H23NO2. The molecule has 1 aromatic carbocycles. The van der Waals surface area contributed by atoms with Crippen LogP contribution in [0.3, 0.4) is 0 Å². The number of hydrogen-bond donors (Lipinski definition) is 2. The highest BCUT2D eigenvalue weighted by atomic mass is 16.5. The first-order valence-electron chi connectivity index (χ1n) is 6.01. The van der Waals surface area contributed by atoms with Crippen LogP contribution in [0.2, 0.25) is 0 Å². The van der Waals surface area contributed by atoms with Gasteiger partial charge in [-0.05, 0) is 31.5 Å². The smallest absolute Gasteiger partial charge is 0.118 e. The zero-order valence-electron chi connectivity index (χ0n) is 11.3. The Morgan fingerprint density at radius 2 is 1.71 bits per heavy atom. The van der Waals surface area contributed by atoms with Gasteiger partial charge < -0.3 is 15.2 Å². The van der Waals surface area contributed by atoms with Gasteiger partial charge in [-0.25, -0.2) is 0 Å². The van der Waals surface area contributed by atoms with E-state index in [9.17, 15) is 5.11 Å². The summed E-state index contributed by atoms with van der Waals surface area (Å²) < 4.78 is 5.11. The van der Waals surface area contributed by atoms with Crippen molar-refractivity contribution < 1.29 is 9.84 Å². The molecule has 0 aliphatic heterocycles. The van der Waals surface area contributed by atoms with Gasteiger partial charge in [-0.1, -0.05) is 26.0 Å². The molecule has 0 fully saturated rings. The molecule has 0 amide bonds. The standard InChI is InChI=1S/C14H23NO2/c1-10(2)15-11(3)14(4,16)12-6-8-13(17-5)9-7-12/h6-11,15-16H,1-5H3/t11-,14-/m1/s1. The van der Waals surface area contributed by atoms with E-state index in [1.54, 1.807) is 7.11 Å². The van der Waals surface area contributed by atoms with Gasteiger partial charge in [-0.15, -0.1) is 0 Å². The van der Waals surface area contributed by atoms with Crippen LogP contribution in [-0.4, -0.2) is 24.3 Å². The van der Waals surface area contributed by atoms with Crippen molar-refractivity contribution in [3.8, 4) is 5.75 Å². The van der Waals surface area contributed by atoms with E-state index in [1.807, 2.05) is 38.1 Å². The van der Waals surface area contributed by atoms with Crippen LogP contribution in [-0.2, 0) is 5.60 Å². The average molecular weight is 237 g/mol. The van der Waals surface area contributed by atoms with Crippen molar-refractivity contribution in [2.24, 2.45) is 0 Å². The molecule has 2 atom stereocenters. The van der Waals surface area contributed by atoms with Gasteiger partial charge in [-0.2, -0.15) is 0 Å². The summed E-state index contributed by atoms with van der Waals surface area (Å²) in [5.41, 5.74) is -0.00440. The molecule has 0 heterocycles. The van der Waals surface area contributed by atoms with Crippen LogP contribution in [0.15, 0.2) is 24.3 Å². The van der Waals surface area contributed by atoms with Gasteiger partial charge in [0.05, 0.1) is 7.11 Å². The van der Waals surface area contributed by atoms with Gasteiger partial charge >= 0.3 is 0 Å². The lowest BCUT2D eigenvalue weighted by atomic mass is 9.89. The van der Waals surface area contributed by atoms with Gasteiger partial charge in [0.2, 0.25) is 0 Å². The SMILES string of the molecule is COc1ccc([C@](C)(O)[C@@H](C)NC(C)C)cc1. The quantitative estimate of drug-likeness (QED) is 0.825. The summed E-state index contributed by atoms with van der Waals surface area (Å²) in [6.07, 6.45) is 0. The normalized spacial score (nSPS) is 16.6. The molecule has 3 nitrogen and oxygen atoms in total. The molecule has 0 bridgehead atoms. The summed E-state index contributed by atoms with van der Waals surface area (Å²) in [4.78, 5) is 0. The maximum Gasteiger partial charge on any atom is 0.118 e. The number of benzene rings is 1. The number of aliphatic hydroxyl groups is 1. The lowest BCUT2D eigenvalue weighted by molar-refractivity contribution is 0.0186. The highest BCUT2D eigenvalue weighted by Gasteiger charge is 2.30. The Morgan fingerprint density at radius 1 is 1.18 bits per heavy atom. The fourth-order valence-corrected chi connectivity index (χ4v) is 1.84. The molecule has 0 unspecified atom stereocenters. The topological polar surface area (TPSA) is 41.5 Å². The Hall–Kier alpha value is -1.06. The lowest BCUT2D eigenvalue weighted by Gasteiger charge is -2.33. The molecule has 0 aromatic heterocycles. The predicted octanol–water partition coefficient (Wildman–Crippen LogP) is 2.29. The molecular weight excluding hydrogens is 214 g/mol. The van der Waals surface area contributed by atoms with E-state index in [-0.39, 0.29) is 6.04 Å². The average Bonchev–Trinajstić information content (AvgIpc) is 2.28. The van der Waals surface area contributed by atoms with E-state index in [0.29, 0.717) is 6.04 Å². The van der Waals surface area contributed by atoms with E-state index in [2.05, 4.69) is 19.2 Å². The molecule has 1 rings (SSSR count). The zero-order valence-corrected chi connectivity index (χ0v) is 11.3. The highest BCUT2D eigenvalue weighted by Crippen LogP contribution is 2.26. The molecule has 0 spiro atoms. The Bertz CT molecular complexity index is 344. The van der Waals surface area contributed by atoms with E-state index in [0.717, 1.165) is 11.3 Å². The van der Waals surface area contributed by atoms with Crippen LogP contribution in [0.25, 0.3) is 0 Å². The van der Waals surface area contributed by atoms with Crippen molar-refractivity contribution in [3.05, 3.63) is 29.8 Å². The largest absolute Gasteiger partial charge is 0.497 e. The maximum atomic E-state index is 10.6. The third-order valence-corrected chi connectivity index (χ3v) is 3.10. The highest BCUT2D eigenvalue weighted by molar-refractivity contribution is 5.31. The van der Waals surface area contributed by atoms with Crippen LogP contribution in [0.5, 0.6) is 5.75 Å². The molecule has 0 radical (unpaired) electrons. The Morgan fingerprint density at radius 3 is 2.12 bits per heavy atom. The first-order valence-corrected chi connectivity index (χ1v) is 6.01. The molecule has 2 N–H and O–H groups in total. The van der Waals surface area contributed by atoms with Gasteiger partial charge in [0.25, 0.3) is 0 Å². The van der Waals surface area contributed by atoms with Gasteiger partial charge in [0.15, 0.2) is 0 Å². The van der Waals surface area contributed by atoms with Gasteiger partial charge in [-0.3, -0.25) is 0 Å². The third-order valence-electron chi connectivity index (χ3n) is 3.10. The van der Waals surface area contributed by atoms with E-state index in [1.165, 1.54) is 0 Å². The van der Waals surface area contributed by atoms with Crippen molar-refractivity contribution >= 4 is 0 Å². The fourth-order valence-electron chi connectivity index (χ4n) is 1.84. The van der Waals surface area contributed by atoms with Crippen LogP contribution in [0, 0.1) is 0 Å². The minimum Gasteiger partial charge on any atom is -0.497 e. The number of hydrogen-bond acceptors (Lipinski definition) is 3. The number of ether oxygens (including phenoxy) is 1. The summed E-state index contributed by atoms with van der Waals surface area (Å²) in [6, 6.07) is 7.86. The van der Waals surface area contributed by atoms with Crippen molar-refractivity contribution in [3.63, 3.8) is 0 Å². The van der Waals surface area contributed by atoms with Crippen molar-refractivity contribution in [2.45, 2.75) is 45.4 Å². The Balaban J connectivity index is 2.87. The van der Waals surface area contributed by atoms with Crippen molar-refractivity contribution in [1.82, 2.24) is 5.32 Å². The zero-order chi connectivity index (χ0) is 13.1. The molecule has 0 saturated carbocycles. The second-order valence-corrected chi connectivity index (χ2v) is 4.92. The van der Waals surface area contributed by atoms with E-state index >= 15 is 0 Å². The first-order chi connectivity index (χ1) is 7.87. The van der Waals surface area contributed by atoms with Crippen LogP contribution >= 0.6 is 0 Å². The van der Waals surface area contributed by atoms with Crippen molar-refractivity contribution in [1.29, 1.82) is 0 Å². The predicted molar refractivity (Wildman–Crippen MR) is 70.3 cm³/mol. The second-order valence-electron chi connectivity index (χ2n) is 4.92. The summed E-state index contributed by atoms with van der Waals surface area (Å²) >= 11 is 0.